The first-order chi connectivity index (χ1) is 14.5. The molecule has 3 rings (SSSR count). The number of carbonyl (C=O) groups is 2. The zero-order valence-corrected chi connectivity index (χ0v) is 17.4. The number of amides is 1. The summed E-state index contributed by atoms with van der Waals surface area (Å²) in [4.78, 5) is 35.8. The number of alkyl halides is 3. The Balaban J connectivity index is 1.73. The first-order valence-corrected chi connectivity index (χ1v) is 10.3. The largest absolute Gasteiger partial charge is 0.449 e. The number of esters is 1. The third-order valence-corrected chi connectivity index (χ3v) is 6.10. The summed E-state index contributed by atoms with van der Waals surface area (Å²) in [5.41, 5.74) is -1.52. The summed E-state index contributed by atoms with van der Waals surface area (Å²) < 4.78 is 45.0. The summed E-state index contributed by atoms with van der Waals surface area (Å²) in [7, 11) is 0. The highest BCUT2D eigenvalue weighted by atomic mass is 32.1. The summed E-state index contributed by atoms with van der Waals surface area (Å²) in [6.45, 7) is 3.37. The van der Waals surface area contributed by atoms with Gasteiger partial charge in [-0.25, -0.2) is 4.79 Å². The normalized spacial score (nSPS) is 16.9. The van der Waals surface area contributed by atoms with E-state index in [-0.39, 0.29) is 0 Å². The lowest BCUT2D eigenvalue weighted by molar-refractivity contribution is -0.385. The van der Waals surface area contributed by atoms with Crippen molar-refractivity contribution in [2.75, 3.05) is 5.32 Å². The van der Waals surface area contributed by atoms with E-state index in [2.05, 4.69) is 6.92 Å². The molecule has 1 aromatic heterocycles. The molecule has 0 aliphatic heterocycles. The Hall–Kier alpha value is -2.95. The number of benzene rings is 1. The van der Waals surface area contributed by atoms with Gasteiger partial charge in [-0.2, -0.15) is 13.2 Å². The van der Waals surface area contributed by atoms with Crippen LogP contribution in [-0.2, 0) is 28.5 Å². The number of ether oxygens (including phenoxy) is 1. The van der Waals surface area contributed by atoms with Gasteiger partial charge in [0.05, 0.1) is 21.7 Å². The van der Waals surface area contributed by atoms with Gasteiger partial charge in [0.1, 0.15) is 0 Å². The molecule has 0 saturated heterocycles. The molecule has 0 spiro atoms. The van der Waals surface area contributed by atoms with Crippen LogP contribution >= 0.6 is 11.3 Å². The number of nitrogens with one attached hydrogen (secondary N) is 1. The average Bonchev–Trinajstić information content (AvgIpc) is 3.10. The van der Waals surface area contributed by atoms with Crippen molar-refractivity contribution < 1.29 is 32.4 Å². The maximum atomic E-state index is 13.3. The number of thiophene rings is 1. The Kier molecular flexibility index (Phi) is 6.35. The minimum absolute atomic E-state index is 0.338. The summed E-state index contributed by atoms with van der Waals surface area (Å²) in [5, 5.41) is 14.5. The first-order valence-electron chi connectivity index (χ1n) is 9.44. The van der Waals surface area contributed by atoms with E-state index in [4.69, 9.17) is 4.74 Å². The van der Waals surface area contributed by atoms with E-state index in [1.165, 1.54) is 18.3 Å². The average molecular weight is 456 g/mol. The molecule has 7 nitrogen and oxygen atoms in total. The number of non-ortho nitro benzene ring substituents is 1. The molecule has 2 unspecified atom stereocenters. The zero-order valence-electron chi connectivity index (χ0n) is 16.6. The number of carbonyl (C=O) groups excluding carboxylic acids is 2. The van der Waals surface area contributed by atoms with Gasteiger partial charge in [-0.3, -0.25) is 14.9 Å². The van der Waals surface area contributed by atoms with E-state index < -0.39 is 46.0 Å². The molecule has 0 fully saturated rings. The number of nitro groups is 1. The lowest BCUT2D eigenvalue weighted by atomic mass is 9.88. The minimum Gasteiger partial charge on any atom is -0.449 e. The third-order valence-electron chi connectivity index (χ3n) is 5.05. The molecule has 2 atom stereocenters. The number of halogens is 3. The second kappa shape index (κ2) is 8.66. The van der Waals surface area contributed by atoms with Gasteiger partial charge in [0, 0.05) is 22.4 Å². The fraction of sp³-hybridized carbons (Fsp3) is 0.400. The van der Waals surface area contributed by atoms with Crippen LogP contribution in [0.1, 0.15) is 46.6 Å². The van der Waals surface area contributed by atoms with E-state index >= 15 is 0 Å². The van der Waals surface area contributed by atoms with E-state index in [0.29, 0.717) is 17.5 Å². The van der Waals surface area contributed by atoms with Crippen LogP contribution in [0.2, 0.25) is 0 Å². The molecule has 1 aromatic carbocycles. The highest BCUT2D eigenvalue weighted by molar-refractivity contribution is 7.10. The molecule has 1 amide bonds. The fourth-order valence-electron chi connectivity index (χ4n) is 3.35. The number of nitrogens with zero attached hydrogens (tertiary/aromatic N) is 1. The van der Waals surface area contributed by atoms with Crippen LogP contribution in [-0.4, -0.2) is 22.9 Å². The maximum Gasteiger partial charge on any atom is 0.418 e. The molecule has 2 aromatic rings. The first kappa shape index (κ1) is 22.7. The van der Waals surface area contributed by atoms with Crippen LogP contribution in [0.4, 0.5) is 24.5 Å². The van der Waals surface area contributed by atoms with E-state index in [0.717, 1.165) is 41.8 Å². The SMILES string of the molecule is CC1CCc2c(C(=O)OC(C)C(=O)Nc3ccc([N+](=O)[O-])cc3C(F)(F)F)csc2C1. The predicted molar refractivity (Wildman–Crippen MR) is 107 cm³/mol. The molecule has 11 heteroatoms. The molecule has 1 aliphatic rings. The predicted octanol–water partition coefficient (Wildman–Crippen LogP) is 4.98. The van der Waals surface area contributed by atoms with Crippen molar-refractivity contribution >= 4 is 34.6 Å². The summed E-state index contributed by atoms with van der Waals surface area (Å²) in [5.74, 6) is -1.18. The quantitative estimate of drug-likeness (QED) is 0.389. The lowest BCUT2D eigenvalue weighted by Crippen LogP contribution is -2.31. The molecule has 31 heavy (non-hydrogen) atoms. The molecule has 1 N–H and O–H groups in total. The van der Waals surface area contributed by atoms with E-state index in [1.807, 2.05) is 5.32 Å². The molecule has 1 aliphatic carbocycles. The van der Waals surface area contributed by atoms with Crippen LogP contribution < -0.4 is 5.32 Å². The molecular weight excluding hydrogens is 437 g/mol. The molecule has 0 radical (unpaired) electrons. The van der Waals surface area contributed by atoms with Crippen LogP contribution in [0.25, 0.3) is 0 Å². The Morgan fingerprint density at radius 2 is 2.06 bits per heavy atom. The van der Waals surface area contributed by atoms with Gasteiger partial charge in [0.2, 0.25) is 0 Å². The molecular formula is C20H19F3N2O5S. The third kappa shape index (κ3) is 5.04. The fourth-order valence-corrected chi connectivity index (χ4v) is 4.58. The van der Waals surface area contributed by atoms with Gasteiger partial charge in [-0.15, -0.1) is 11.3 Å². The van der Waals surface area contributed by atoms with Crippen LogP contribution in [0.5, 0.6) is 0 Å². The summed E-state index contributed by atoms with van der Waals surface area (Å²) in [6, 6.07) is 1.98. The van der Waals surface area contributed by atoms with Crippen LogP contribution in [0.15, 0.2) is 23.6 Å². The highest BCUT2D eigenvalue weighted by Gasteiger charge is 2.36. The van der Waals surface area contributed by atoms with Crippen molar-refractivity contribution in [2.24, 2.45) is 5.92 Å². The van der Waals surface area contributed by atoms with Gasteiger partial charge in [-0.05, 0) is 43.7 Å². The molecule has 166 valence electrons. The van der Waals surface area contributed by atoms with Gasteiger partial charge >= 0.3 is 12.1 Å². The lowest BCUT2D eigenvalue weighted by Gasteiger charge is -2.19. The highest BCUT2D eigenvalue weighted by Crippen LogP contribution is 2.37. The van der Waals surface area contributed by atoms with Crippen molar-refractivity contribution in [3.05, 3.63) is 55.3 Å². The van der Waals surface area contributed by atoms with E-state index in [9.17, 15) is 32.9 Å². The standard InChI is InChI=1S/C20H19F3N2O5S/c1-10-3-5-13-14(9-31-17(13)7-10)19(27)30-11(2)18(26)24-16-6-4-12(25(28)29)8-15(16)20(21,22)23/h4,6,8-11H,3,5,7H2,1-2H3,(H,24,26). The van der Waals surface area contributed by atoms with Crippen molar-refractivity contribution in [3.63, 3.8) is 0 Å². The Morgan fingerprint density at radius 3 is 2.71 bits per heavy atom. The number of anilines is 1. The van der Waals surface area contributed by atoms with E-state index in [1.54, 1.807) is 5.38 Å². The molecule has 1 heterocycles. The topological polar surface area (TPSA) is 98.5 Å². The smallest absolute Gasteiger partial charge is 0.418 e. The number of nitro benzene ring substituents is 1. The second-order valence-electron chi connectivity index (χ2n) is 7.42. The van der Waals surface area contributed by atoms with Crippen molar-refractivity contribution in [1.29, 1.82) is 0 Å². The Labute approximate surface area is 179 Å². The van der Waals surface area contributed by atoms with Gasteiger partial charge < -0.3 is 10.1 Å². The summed E-state index contributed by atoms with van der Waals surface area (Å²) in [6.07, 6.45) is -3.78. The summed E-state index contributed by atoms with van der Waals surface area (Å²) >= 11 is 1.45. The van der Waals surface area contributed by atoms with Gasteiger partial charge in [0.15, 0.2) is 6.10 Å². The second-order valence-corrected chi connectivity index (χ2v) is 8.38. The van der Waals surface area contributed by atoms with Gasteiger partial charge in [0.25, 0.3) is 11.6 Å². The van der Waals surface area contributed by atoms with Crippen LogP contribution in [0.3, 0.4) is 0 Å². The molecule has 0 bridgehead atoms. The van der Waals surface area contributed by atoms with Gasteiger partial charge in [-0.1, -0.05) is 6.92 Å². The number of fused-ring (bicyclic) bond motifs is 1. The minimum atomic E-state index is -4.93. The Morgan fingerprint density at radius 1 is 1.35 bits per heavy atom. The van der Waals surface area contributed by atoms with Crippen molar-refractivity contribution in [2.45, 2.75) is 45.4 Å². The van der Waals surface area contributed by atoms with Crippen molar-refractivity contribution in [1.82, 2.24) is 0 Å². The monoisotopic (exact) mass is 456 g/mol. The number of hydrogen-bond donors (Lipinski definition) is 1. The molecule has 0 saturated carbocycles. The Bertz CT molecular complexity index is 1030. The van der Waals surface area contributed by atoms with Crippen LogP contribution in [0, 0.1) is 16.0 Å². The number of hydrogen-bond acceptors (Lipinski definition) is 6. The zero-order chi connectivity index (χ0) is 22.9. The van der Waals surface area contributed by atoms with Crippen molar-refractivity contribution in [3.8, 4) is 0 Å². The maximum absolute atomic E-state index is 13.3. The number of rotatable bonds is 5.